The third kappa shape index (κ3) is 3.31. The summed E-state index contributed by atoms with van der Waals surface area (Å²) in [5, 5.41) is 13.0. The number of carbonyl (C=O) groups is 1. The molecule has 0 spiro atoms. The SMILES string of the molecule is Cc1c(-c2ccc(C(C)N(C)C)cc2)cnn1CC(=O)O. The molecule has 1 atom stereocenters. The van der Waals surface area contributed by atoms with Gasteiger partial charge < -0.3 is 10.0 Å². The van der Waals surface area contributed by atoms with Gasteiger partial charge in [0.25, 0.3) is 0 Å². The molecule has 0 aliphatic carbocycles. The first-order chi connectivity index (χ1) is 9.90. The molecule has 2 rings (SSSR count). The number of hydrogen-bond donors (Lipinski definition) is 1. The monoisotopic (exact) mass is 287 g/mol. The van der Waals surface area contributed by atoms with Crippen LogP contribution in [0.25, 0.3) is 11.1 Å². The van der Waals surface area contributed by atoms with Crippen LogP contribution in [0.5, 0.6) is 0 Å². The molecule has 0 amide bonds. The van der Waals surface area contributed by atoms with Crippen molar-refractivity contribution < 1.29 is 9.90 Å². The van der Waals surface area contributed by atoms with Gasteiger partial charge in [0.15, 0.2) is 0 Å². The van der Waals surface area contributed by atoms with E-state index in [4.69, 9.17) is 5.11 Å². The summed E-state index contributed by atoms with van der Waals surface area (Å²) in [5.74, 6) is -0.886. The van der Waals surface area contributed by atoms with Crippen LogP contribution in [0.3, 0.4) is 0 Å². The second-order valence-electron chi connectivity index (χ2n) is 5.46. The van der Waals surface area contributed by atoms with E-state index in [1.807, 2.05) is 6.92 Å². The third-order valence-electron chi connectivity index (χ3n) is 3.87. The van der Waals surface area contributed by atoms with E-state index in [2.05, 4.69) is 55.3 Å². The molecule has 1 N–H and O–H groups in total. The lowest BCUT2D eigenvalue weighted by atomic mass is 10.0. The van der Waals surface area contributed by atoms with Gasteiger partial charge in [-0.05, 0) is 39.1 Å². The number of aliphatic carboxylic acids is 1. The van der Waals surface area contributed by atoms with Crippen molar-refractivity contribution in [1.82, 2.24) is 14.7 Å². The molecule has 1 heterocycles. The van der Waals surface area contributed by atoms with Crippen LogP contribution in [0.4, 0.5) is 0 Å². The summed E-state index contributed by atoms with van der Waals surface area (Å²) in [5.41, 5.74) is 4.14. The fourth-order valence-corrected chi connectivity index (χ4v) is 2.26. The van der Waals surface area contributed by atoms with Crippen molar-refractivity contribution in [2.45, 2.75) is 26.4 Å². The largest absolute Gasteiger partial charge is 0.480 e. The summed E-state index contributed by atoms with van der Waals surface area (Å²) in [6, 6.07) is 8.69. The average Bonchev–Trinajstić information content (AvgIpc) is 2.79. The molecule has 112 valence electrons. The quantitative estimate of drug-likeness (QED) is 0.918. The number of rotatable bonds is 5. The second kappa shape index (κ2) is 6.10. The zero-order chi connectivity index (χ0) is 15.6. The van der Waals surface area contributed by atoms with Gasteiger partial charge in [0, 0.05) is 17.3 Å². The molecule has 2 aromatic rings. The minimum atomic E-state index is -0.886. The van der Waals surface area contributed by atoms with Crippen molar-refractivity contribution in [2.24, 2.45) is 0 Å². The van der Waals surface area contributed by atoms with Crippen LogP contribution >= 0.6 is 0 Å². The summed E-state index contributed by atoms with van der Waals surface area (Å²) < 4.78 is 1.51. The Morgan fingerprint density at radius 2 is 1.95 bits per heavy atom. The van der Waals surface area contributed by atoms with Crippen molar-refractivity contribution in [3.05, 3.63) is 41.7 Å². The Hall–Kier alpha value is -2.14. The highest BCUT2D eigenvalue weighted by Crippen LogP contribution is 2.25. The lowest BCUT2D eigenvalue weighted by molar-refractivity contribution is -0.137. The summed E-state index contributed by atoms with van der Waals surface area (Å²) in [6.07, 6.45) is 1.72. The van der Waals surface area contributed by atoms with Crippen LogP contribution in [0, 0.1) is 6.92 Å². The van der Waals surface area contributed by atoms with E-state index >= 15 is 0 Å². The van der Waals surface area contributed by atoms with Crippen molar-refractivity contribution in [1.29, 1.82) is 0 Å². The van der Waals surface area contributed by atoms with Gasteiger partial charge in [-0.25, -0.2) is 0 Å². The molecule has 0 saturated heterocycles. The molecule has 5 nitrogen and oxygen atoms in total. The maximum absolute atomic E-state index is 10.8. The topological polar surface area (TPSA) is 58.4 Å². The van der Waals surface area contributed by atoms with E-state index in [1.54, 1.807) is 6.20 Å². The Labute approximate surface area is 124 Å². The number of nitrogens with zero attached hydrogens (tertiary/aromatic N) is 3. The summed E-state index contributed by atoms with van der Waals surface area (Å²) in [6.45, 7) is 3.94. The number of aromatic nitrogens is 2. The third-order valence-corrected chi connectivity index (χ3v) is 3.87. The number of carboxylic acid groups (broad SMARTS) is 1. The van der Waals surface area contributed by atoms with E-state index in [0.717, 1.165) is 16.8 Å². The van der Waals surface area contributed by atoms with Gasteiger partial charge in [-0.15, -0.1) is 0 Å². The minimum Gasteiger partial charge on any atom is -0.480 e. The lowest BCUT2D eigenvalue weighted by Crippen LogP contribution is -2.16. The normalized spacial score (nSPS) is 12.6. The molecule has 0 radical (unpaired) electrons. The van der Waals surface area contributed by atoms with Gasteiger partial charge in [0.05, 0.1) is 6.20 Å². The van der Waals surface area contributed by atoms with Gasteiger partial charge in [0.1, 0.15) is 6.54 Å². The maximum atomic E-state index is 10.8. The first kappa shape index (κ1) is 15.3. The van der Waals surface area contributed by atoms with Crippen LogP contribution in [0.15, 0.2) is 30.5 Å². The highest BCUT2D eigenvalue weighted by atomic mass is 16.4. The van der Waals surface area contributed by atoms with E-state index in [1.165, 1.54) is 10.2 Å². The Morgan fingerprint density at radius 1 is 1.33 bits per heavy atom. The molecular formula is C16H21N3O2. The Kier molecular flexibility index (Phi) is 4.43. The van der Waals surface area contributed by atoms with E-state index in [-0.39, 0.29) is 6.54 Å². The van der Waals surface area contributed by atoms with Crippen molar-refractivity contribution in [2.75, 3.05) is 14.1 Å². The number of hydrogen-bond acceptors (Lipinski definition) is 3. The molecular weight excluding hydrogens is 266 g/mol. The van der Waals surface area contributed by atoms with E-state index < -0.39 is 5.97 Å². The van der Waals surface area contributed by atoms with Gasteiger partial charge in [-0.2, -0.15) is 5.10 Å². The highest BCUT2D eigenvalue weighted by molar-refractivity contribution is 5.69. The van der Waals surface area contributed by atoms with E-state index in [0.29, 0.717) is 6.04 Å². The first-order valence-electron chi connectivity index (χ1n) is 6.91. The summed E-state index contributed by atoms with van der Waals surface area (Å²) in [4.78, 5) is 12.9. The predicted molar refractivity (Wildman–Crippen MR) is 82.1 cm³/mol. The molecule has 0 fully saturated rings. The molecule has 0 aliphatic rings. The van der Waals surface area contributed by atoms with Gasteiger partial charge in [-0.1, -0.05) is 24.3 Å². The summed E-state index contributed by atoms with van der Waals surface area (Å²) in [7, 11) is 4.11. The second-order valence-corrected chi connectivity index (χ2v) is 5.46. The van der Waals surface area contributed by atoms with Gasteiger partial charge in [-0.3, -0.25) is 9.48 Å². The molecule has 21 heavy (non-hydrogen) atoms. The zero-order valence-corrected chi connectivity index (χ0v) is 12.9. The number of carboxylic acids is 1. The van der Waals surface area contributed by atoms with E-state index in [9.17, 15) is 4.79 Å². The number of benzene rings is 1. The Bertz CT molecular complexity index is 629. The molecule has 0 bridgehead atoms. The molecule has 1 aromatic carbocycles. The van der Waals surface area contributed by atoms with Crippen molar-refractivity contribution in [3.8, 4) is 11.1 Å². The minimum absolute atomic E-state index is 0.110. The Balaban J connectivity index is 2.27. The average molecular weight is 287 g/mol. The van der Waals surface area contributed by atoms with Gasteiger partial charge in [0.2, 0.25) is 0 Å². The highest BCUT2D eigenvalue weighted by Gasteiger charge is 2.12. The first-order valence-corrected chi connectivity index (χ1v) is 6.91. The standard InChI is InChI=1S/C16H21N3O2/c1-11(18(3)4)13-5-7-14(8-6-13)15-9-17-19(12(15)2)10-16(20)21/h5-9,11H,10H2,1-4H3,(H,20,21). The summed E-state index contributed by atoms with van der Waals surface area (Å²) >= 11 is 0. The fourth-order valence-electron chi connectivity index (χ4n) is 2.26. The molecule has 1 unspecified atom stereocenters. The predicted octanol–water partition coefficient (Wildman–Crippen LogP) is 2.57. The molecule has 0 aliphatic heterocycles. The maximum Gasteiger partial charge on any atom is 0.325 e. The zero-order valence-electron chi connectivity index (χ0n) is 12.9. The van der Waals surface area contributed by atoms with Crippen LogP contribution in [-0.4, -0.2) is 39.9 Å². The molecule has 0 saturated carbocycles. The lowest BCUT2D eigenvalue weighted by Gasteiger charge is -2.20. The smallest absolute Gasteiger partial charge is 0.325 e. The van der Waals surface area contributed by atoms with Crippen molar-refractivity contribution in [3.63, 3.8) is 0 Å². The van der Waals surface area contributed by atoms with Crippen LogP contribution < -0.4 is 0 Å². The fraction of sp³-hybridized carbons (Fsp3) is 0.375. The molecule has 1 aromatic heterocycles. The Morgan fingerprint density at radius 3 is 2.48 bits per heavy atom. The molecule has 5 heteroatoms. The van der Waals surface area contributed by atoms with Crippen LogP contribution in [0.2, 0.25) is 0 Å². The van der Waals surface area contributed by atoms with Crippen LogP contribution in [0.1, 0.15) is 24.2 Å². The van der Waals surface area contributed by atoms with Crippen LogP contribution in [-0.2, 0) is 11.3 Å². The van der Waals surface area contributed by atoms with Gasteiger partial charge >= 0.3 is 5.97 Å². The van der Waals surface area contributed by atoms with Crippen molar-refractivity contribution >= 4 is 5.97 Å².